The van der Waals surface area contributed by atoms with E-state index in [1.807, 2.05) is 30.3 Å². The minimum absolute atomic E-state index is 0.192. The molecule has 0 unspecified atom stereocenters. The Labute approximate surface area is 143 Å². The van der Waals surface area contributed by atoms with Crippen LogP contribution in [0.3, 0.4) is 0 Å². The van der Waals surface area contributed by atoms with E-state index in [-0.39, 0.29) is 5.69 Å². The summed E-state index contributed by atoms with van der Waals surface area (Å²) in [6.07, 6.45) is 2.13. The van der Waals surface area contributed by atoms with Gasteiger partial charge in [-0.2, -0.15) is 5.10 Å². The molecule has 1 aromatic heterocycles. The summed E-state index contributed by atoms with van der Waals surface area (Å²) in [5, 5.41) is 7.16. The average Bonchev–Trinajstić information content (AvgIpc) is 3.37. The Bertz CT molecular complexity index is 933. The first kappa shape index (κ1) is 15.5. The van der Waals surface area contributed by atoms with Gasteiger partial charge in [-0.1, -0.05) is 18.2 Å². The molecular weight excluding hydrogens is 324 g/mol. The predicted octanol–water partition coefficient (Wildman–Crippen LogP) is 4.28. The van der Waals surface area contributed by atoms with Crippen LogP contribution in [0.25, 0.3) is 5.69 Å². The van der Waals surface area contributed by atoms with Crippen LogP contribution in [0.2, 0.25) is 0 Å². The lowest BCUT2D eigenvalue weighted by atomic mass is 10.2. The largest absolute Gasteiger partial charge is 0.321 e. The normalized spacial score (nSPS) is 13.7. The van der Waals surface area contributed by atoms with Gasteiger partial charge in [-0.15, -0.1) is 0 Å². The zero-order valence-corrected chi connectivity index (χ0v) is 13.2. The van der Waals surface area contributed by atoms with E-state index in [1.165, 1.54) is 6.07 Å². The van der Waals surface area contributed by atoms with E-state index >= 15 is 0 Å². The Kier molecular flexibility index (Phi) is 3.80. The number of hydrogen-bond donors (Lipinski definition) is 1. The Hall–Kier alpha value is -3.02. The van der Waals surface area contributed by atoms with Crippen molar-refractivity contribution in [3.8, 4) is 5.69 Å². The van der Waals surface area contributed by atoms with Crippen molar-refractivity contribution in [3.63, 3.8) is 0 Å². The fourth-order valence-electron chi connectivity index (χ4n) is 2.67. The monoisotopic (exact) mass is 339 g/mol. The van der Waals surface area contributed by atoms with Gasteiger partial charge in [-0.05, 0) is 43.2 Å². The van der Waals surface area contributed by atoms with Gasteiger partial charge in [0.2, 0.25) is 0 Å². The van der Waals surface area contributed by atoms with Gasteiger partial charge < -0.3 is 5.32 Å². The number of rotatable bonds is 4. The topological polar surface area (TPSA) is 46.9 Å². The Balaban J connectivity index is 1.68. The van der Waals surface area contributed by atoms with Crippen molar-refractivity contribution in [2.45, 2.75) is 18.8 Å². The summed E-state index contributed by atoms with van der Waals surface area (Å²) in [6.45, 7) is 0. The van der Waals surface area contributed by atoms with E-state index in [9.17, 15) is 13.6 Å². The van der Waals surface area contributed by atoms with Crippen LogP contribution >= 0.6 is 0 Å². The first-order valence-electron chi connectivity index (χ1n) is 8.03. The van der Waals surface area contributed by atoms with Gasteiger partial charge in [0.1, 0.15) is 5.69 Å². The van der Waals surface area contributed by atoms with Crippen LogP contribution < -0.4 is 5.32 Å². The number of amides is 1. The van der Waals surface area contributed by atoms with Crippen molar-refractivity contribution in [3.05, 3.63) is 77.6 Å². The molecule has 0 saturated heterocycles. The third kappa shape index (κ3) is 3.15. The summed E-state index contributed by atoms with van der Waals surface area (Å²) >= 11 is 0. The van der Waals surface area contributed by atoms with Crippen LogP contribution in [-0.4, -0.2) is 15.7 Å². The first-order chi connectivity index (χ1) is 12.1. The molecule has 4 rings (SSSR count). The molecule has 0 aliphatic heterocycles. The molecule has 1 fully saturated rings. The number of carbonyl (C=O) groups is 1. The number of para-hydroxylation sites is 1. The van der Waals surface area contributed by atoms with Crippen LogP contribution in [-0.2, 0) is 0 Å². The van der Waals surface area contributed by atoms with Crippen molar-refractivity contribution < 1.29 is 13.6 Å². The zero-order chi connectivity index (χ0) is 17.4. The fraction of sp³-hybridized carbons (Fsp3) is 0.158. The van der Waals surface area contributed by atoms with E-state index in [1.54, 1.807) is 10.7 Å². The molecule has 1 N–H and O–H groups in total. The predicted molar refractivity (Wildman–Crippen MR) is 89.9 cm³/mol. The maximum absolute atomic E-state index is 13.4. The summed E-state index contributed by atoms with van der Waals surface area (Å²) in [7, 11) is 0. The third-order valence-corrected chi connectivity index (χ3v) is 4.13. The second-order valence-electron chi connectivity index (χ2n) is 6.06. The van der Waals surface area contributed by atoms with Crippen LogP contribution in [0.15, 0.2) is 54.6 Å². The third-order valence-electron chi connectivity index (χ3n) is 4.13. The van der Waals surface area contributed by atoms with Crippen LogP contribution in [0.4, 0.5) is 14.5 Å². The van der Waals surface area contributed by atoms with Crippen LogP contribution in [0, 0.1) is 11.6 Å². The lowest BCUT2D eigenvalue weighted by Crippen LogP contribution is -2.17. The van der Waals surface area contributed by atoms with Crippen molar-refractivity contribution in [1.82, 2.24) is 9.78 Å². The molecule has 1 aliphatic rings. The molecule has 1 heterocycles. The molecule has 0 bridgehead atoms. The van der Waals surface area contributed by atoms with E-state index in [0.717, 1.165) is 36.4 Å². The van der Waals surface area contributed by atoms with E-state index in [4.69, 9.17) is 0 Å². The molecule has 2 aromatic carbocycles. The molecule has 0 atom stereocenters. The number of anilines is 1. The van der Waals surface area contributed by atoms with Gasteiger partial charge in [-0.3, -0.25) is 4.79 Å². The SMILES string of the molecule is O=C(Nc1ccc(F)c(F)c1)c1cc(C2CC2)nn1-c1ccccc1. The van der Waals surface area contributed by atoms with Gasteiger partial charge in [-0.25, -0.2) is 13.5 Å². The fourth-order valence-corrected chi connectivity index (χ4v) is 2.67. The first-order valence-corrected chi connectivity index (χ1v) is 8.03. The van der Waals surface area contributed by atoms with E-state index in [2.05, 4.69) is 10.4 Å². The highest BCUT2D eigenvalue weighted by atomic mass is 19.2. The Morgan fingerprint density at radius 1 is 1.04 bits per heavy atom. The summed E-state index contributed by atoms with van der Waals surface area (Å²) in [6, 6.07) is 14.4. The number of halogens is 2. The van der Waals surface area contributed by atoms with Crippen molar-refractivity contribution in [1.29, 1.82) is 0 Å². The van der Waals surface area contributed by atoms with E-state index in [0.29, 0.717) is 11.6 Å². The van der Waals surface area contributed by atoms with Gasteiger partial charge in [0.25, 0.3) is 5.91 Å². The summed E-state index contributed by atoms with van der Waals surface area (Å²) < 4.78 is 28.0. The Morgan fingerprint density at radius 3 is 2.48 bits per heavy atom. The van der Waals surface area contributed by atoms with Crippen LogP contribution in [0.1, 0.15) is 34.9 Å². The molecule has 0 radical (unpaired) electrons. The molecule has 0 spiro atoms. The molecule has 3 aromatic rings. The smallest absolute Gasteiger partial charge is 0.274 e. The zero-order valence-electron chi connectivity index (χ0n) is 13.2. The number of nitrogens with zero attached hydrogens (tertiary/aromatic N) is 2. The van der Waals surface area contributed by atoms with Gasteiger partial charge in [0.15, 0.2) is 11.6 Å². The number of aromatic nitrogens is 2. The molecule has 1 aliphatic carbocycles. The van der Waals surface area contributed by atoms with Crippen LogP contribution in [0.5, 0.6) is 0 Å². The summed E-state index contributed by atoms with van der Waals surface area (Å²) in [5.41, 5.74) is 2.19. The minimum Gasteiger partial charge on any atom is -0.321 e. The average molecular weight is 339 g/mol. The maximum Gasteiger partial charge on any atom is 0.274 e. The second-order valence-corrected chi connectivity index (χ2v) is 6.06. The highest BCUT2D eigenvalue weighted by Crippen LogP contribution is 2.39. The van der Waals surface area contributed by atoms with Crippen molar-refractivity contribution >= 4 is 11.6 Å². The maximum atomic E-state index is 13.4. The highest BCUT2D eigenvalue weighted by molar-refractivity contribution is 6.03. The lowest BCUT2D eigenvalue weighted by molar-refractivity contribution is 0.101. The van der Waals surface area contributed by atoms with Gasteiger partial charge in [0, 0.05) is 17.7 Å². The molecule has 25 heavy (non-hydrogen) atoms. The number of hydrogen-bond acceptors (Lipinski definition) is 2. The lowest BCUT2D eigenvalue weighted by Gasteiger charge is -2.08. The summed E-state index contributed by atoms with van der Waals surface area (Å²) in [5.74, 6) is -1.99. The number of benzene rings is 2. The molecule has 1 saturated carbocycles. The number of nitrogens with one attached hydrogen (secondary N) is 1. The molecule has 1 amide bonds. The van der Waals surface area contributed by atoms with E-state index < -0.39 is 17.5 Å². The quantitative estimate of drug-likeness (QED) is 0.771. The van der Waals surface area contributed by atoms with Crippen molar-refractivity contribution in [2.75, 3.05) is 5.32 Å². The standard InChI is InChI=1S/C19H15F2N3O/c20-15-9-8-13(10-16(15)21)22-19(25)18-11-17(12-6-7-12)23-24(18)14-4-2-1-3-5-14/h1-5,8-12H,6-7H2,(H,22,25). The van der Waals surface area contributed by atoms with Gasteiger partial charge in [0.05, 0.1) is 11.4 Å². The Morgan fingerprint density at radius 2 is 1.80 bits per heavy atom. The molecule has 4 nitrogen and oxygen atoms in total. The summed E-state index contributed by atoms with van der Waals surface area (Å²) in [4.78, 5) is 12.7. The highest BCUT2D eigenvalue weighted by Gasteiger charge is 2.29. The minimum atomic E-state index is -1.01. The van der Waals surface area contributed by atoms with Gasteiger partial charge >= 0.3 is 0 Å². The second kappa shape index (κ2) is 6.12. The molecular formula is C19H15F2N3O. The molecule has 6 heteroatoms. The van der Waals surface area contributed by atoms with Crippen molar-refractivity contribution in [2.24, 2.45) is 0 Å². The number of carbonyl (C=O) groups excluding carboxylic acids is 1. The molecule has 126 valence electrons.